The van der Waals surface area contributed by atoms with E-state index >= 15 is 0 Å². The SMILES string of the molecule is Cc1ccc(Cn2c(=O)c(N3CCN(C(=O)C4CCCO4)CC3)nc3cccnc32)cc1. The number of aryl methyl sites for hydroxylation is 1. The minimum Gasteiger partial charge on any atom is -0.368 e. The number of rotatable bonds is 4. The van der Waals surface area contributed by atoms with Crippen LogP contribution >= 0.6 is 0 Å². The van der Waals surface area contributed by atoms with Crippen molar-refractivity contribution in [3.63, 3.8) is 0 Å². The molecule has 0 aliphatic carbocycles. The van der Waals surface area contributed by atoms with E-state index in [9.17, 15) is 9.59 Å². The molecular weight excluding hydrogens is 406 g/mol. The van der Waals surface area contributed by atoms with Crippen molar-refractivity contribution >= 4 is 22.9 Å². The van der Waals surface area contributed by atoms with Crippen molar-refractivity contribution in [2.24, 2.45) is 0 Å². The van der Waals surface area contributed by atoms with Gasteiger partial charge in [0.25, 0.3) is 11.5 Å². The number of nitrogens with zero attached hydrogens (tertiary/aromatic N) is 5. The molecule has 1 aromatic carbocycles. The standard InChI is InChI=1S/C24H27N5O3/c1-17-6-8-18(9-7-17)16-29-21-19(4-2-10-25-21)26-22(24(29)31)27-11-13-28(14-12-27)23(30)20-5-3-15-32-20/h2,4,6-10,20H,3,5,11-16H2,1H3. The average molecular weight is 434 g/mol. The third-order valence-corrected chi connectivity index (χ3v) is 6.24. The van der Waals surface area contributed by atoms with E-state index < -0.39 is 0 Å². The zero-order valence-corrected chi connectivity index (χ0v) is 18.2. The van der Waals surface area contributed by atoms with Gasteiger partial charge in [0, 0.05) is 39.0 Å². The molecule has 5 rings (SSSR count). The van der Waals surface area contributed by atoms with Crippen LogP contribution in [-0.2, 0) is 16.1 Å². The molecule has 32 heavy (non-hydrogen) atoms. The minimum atomic E-state index is -0.307. The average Bonchev–Trinajstić information content (AvgIpc) is 3.37. The van der Waals surface area contributed by atoms with Gasteiger partial charge in [-0.3, -0.25) is 14.2 Å². The third-order valence-electron chi connectivity index (χ3n) is 6.24. The first-order chi connectivity index (χ1) is 15.6. The summed E-state index contributed by atoms with van der Waals surface area (Å²) in [6.07, 6.45) is 3.11. The molecule has 4 heterocycles. The molecule has 0 radical (unpaired) electrons. The van der Waals surface area contributed by atoms with E-state index in [4.69, 9.17) is 4.74 Å². The Hall–Kier alpha value is -3.26. The number of carbonyl (C=O) groups is 1. The van der Waals surface area contributed by atoms with Crippen molar-refractivity contribution < 1.29 is 9.53 Å². The molecule has 2 aliphatic heterocycles. The monoisotopic (exact) mass is 433 g/mol. The van der Waals surface area contributed by atoms with Crippen LogP contribution in [0, 0.1) is 6.92 Å². The normalized spacial score (nSPS) is 19.0. The number of benzene rings is 1. The number of hydrogen-bond donors (Lipinski definition) is 0. The molecule has 0 spiro atoms. The Morgan fingerprint density at radius 3 is 2.62 bits per heavy atom. The molecule has 2 fully saturated rings. The van der Waals surface area contributed by atoms with Crippen LogP contribution in [0.3, 0.4) is 0 Å². The summed E-state index contributed by atoms with van der Waals surface area (Å²) in [4.78, 5) is 39.1. The summed E-state index contributed by atoms with van der Waals surface area (Å²) in [5, 5.41) is 0. The highest BCUT2D eigenvalue weighted by Gasteiger charge is 2.31. The number of pyridine rings is 1. The van der Waals surface area contributed by atoms with E-state index in [0.29, 0.717) is 56.3 Å². The molecular formula is C24H27N5O3. The lowest BCUT2D eigenvalue weighted by molar-refractivity contribution is -0.141. The van der Waals surface area contributed by atoms with E-state index in [1.54, 1.807) is 10.8 Å². The summed E-state index contributed by atoms with van der Waals surface area (Å²) < 4.78 is 7.25. The van der Waals surface area contributed by atoms with Crippen LogP contribution in [0.15, 0.2) is 47.4 Å². The zero-order chi connectivity index (χ0) is 22.1. The van der Waals surface area contributed by atoms with E-state index in [0.717, 1.165) is 18.4 Å². The second kappa shape index (κ2) is 8.70. The van der Waals surface area contributed by atoms with Crippen molar-refractivity contribution in [3.8, 4) is 0 Å². The molecule has 0 N–H and O–H groups in total. The Morgan fingerprint density at radius 2 is 1.91 bits per heavy atom. The highest BCUT2D eigenvalue weighted by Crippen LogP contribution is 2.19. The van der Waals surface area contributed by atoms with E-state index in [-0.39, 0.29) is 17.6 Å². The van der Waals surface area contributed by atoms with Gasteiger partial charge in [0.1, 0.15) is 11.6 Å². The second-order valence-electron chi connectivity index (χ2n) is 8.47. The van der Waals surface area contributed by atoms with Crippen molar-refractivity contribution in [3.05, 3.63) is 64.1 Å². The van der Waals surface area contributed by atoms with Crippen LogP contribution in [-0.4, -0.2) is 64.2 Å². The summed E-state index contributed by atoms with van der Waals surface area (Å²) >= 11 is 0. The maximum atomic E-state index is 13.5. The summed E-state index contributed by atoms with van der Waals surface area (Å²) in [6, 6.07) is 11.9. The van der Waals surface area contributed by atoms with Gasteiger partial charge >= 0.3 is 0 Å². The van der Waals surface area contributed by atoms with Gasteiger partial charge in [-0.15, -0.1) is 0 Å². The van der Waals surface area contributed by atoms with Gasteiger partial charge in [-0.25, -0.2) is 9.97 Å². The minimum absolute atomic E-state index is 0.0644. The molecule has 166 valence electrons. The molecule has 0 bridgehead atoms. The summed E-state index contributed by atoms with van der Waals surface area (Å²) in [5.74, 6) is 0.483. The van der Waals surface area contributed by atoms with E-state index in [1.807, 2.05) is 53.1 Å². The second-order valence-corrected chi connectivity index (χ2v) is 8.47. The fourth-order valence-electron chi connectivity index (χ4n) is 4.41. The van der Waals surface area contributed by atoms with E-state index in [1.165, 1.54) is 5.56 Å². The summed E-state index contributed by atoms with van der Waals surface area (Å²) in [7, 11) is 0. The van der Waals surface area contributed by atoms with Gasteiger partial charge in [-0.05, 0) is 37.5 Å². The van der Waals surface area contributed by atoms with E-state index in [2.05, 4.69) is 9.97 Å². The Morgan fingerprint density at radius 1 is 1.12 bits per heavy atom. The number of carbonyl (C=O) groups excluding carboxylic acids is 1. The predicted octanol–water partition coefficient (Wildman–Crippen LogP) is 1.98. The van der Waals surface area contributed by atoms with Gasteiger partial charge in [0.2, 0.25) is 0 Å². The lowest BCUT2D eigenvalue weighted by Crippen LogP contribution is -2.52. The Labute approximate surface area is 186 Å². The Bertz CT molecular complexity index is 1180. The van der Waals surface area contributed by atoms with Crippen LogP contribution in [0.5, 0.6) is 0 Å². The predicted molar refractivity (Wildman–Crippen MR) is 122 cm³/mol. The largest absolute Gasteiger partial charge is 0.368 e. The van der Waals surface area contributed by atoms with Gasteiger partial charge < -0.3 is 14.5 Å². The molecule has 8 heteroatoms. The molecule has 8 nitrogen and oxygen atoms in total. The number of hydrogen-bond acceptors (Lipinski definition) is 6. The van der Waals surface area contributed by atoms with Gasteiger partial charge in [-0.1, -0.05) is 29.8 Å². The lowest BCUT2D eigenvalue weighted by atomic mass is 10.1. The zero-order valence-electron chi connectivity index (χ0n) is 18.2. The number of aromatic nitrogens is 3. The van der Waals surface area contributed by atoms with Crippen molar-refractivity contribution in [1.29, 1.82) is 0 Å². The number of piperazine rings is 1. The van der Waals surface area contributed by atoms with Gasteiger partial charge in [0.15, 0.2) is 11.5 Å². The fraction of sp³-hybridized carbons (Fsp3) is 0.417. The maximum absolute atomic E-state index is 13.5. The highest BCUT2D eigenvalue weighted by atomic mass is 16.5. The quantitative estimate of drug-likeness (QED) is 0.626. The van der Waals surface area contributed by atoms with Crippen molar-refractivity contribution in [1.82, 2.24) is 19.4 Å². The highest BCUT2D eigenvalue weighted by molar-refractivity contribution is 5.81. The first kappa shape index (κ1) is 20.6. The first-order valence-electron chi connectivity index (χ1n) is 11.2. The molecule has 2 aliphatic rings. The number of ether oxygens (including phenoxy) is 1. The van der Waals surface area contributed by atoms with Crippen LogP contribution < -0.4 is 10.5 Å². The van der Waals surface area contributed by atoms with Crippen molar-refractivity contribution in [2.45, 2.75) is 32.4 Å². The van der Waals surface area contributed by atoms with Gasteiger partial charge in [-0.2, -0.15) is 0 Å². The maximum Gasteiger partial charge on any atom is 0.295 e. The number of fused-ring (bicyclic) bond motifs is 1. The van der Waals surface area contributed by atoms with Crippen LogP contribution in [0.2, 0.25) is 0 Å². The molecule has 0 saturated carbocycles. The molecule has 1 amide bonds. The first-order valence-corrected chi connectivity index (χ1v) is 11.2. The molecule has 2 saturated heterocycles. The third kappa shape index (κ3) is 3.98. The molecule has 2 aromatic heterocycles. The Balaban J connectivity index is 1.42. The number of anilines is 1. The molecule has 1 unspecified atom stereocenters. The van der Waals surface area contributed by atoms with Crippen molar-refractivity contribution in [2.75, 3.05) is 37.7 Å². The lowest BCUT2D eigenvalue weighted by Gasteiger charge is -2.36. The smallest absolute Gasteiger partial charge is 0.295 e. The Kier molecular flexibility index (Phi) is 5.61. The fourth-order valence-corrected chi connectivity index (χ4v) is 4.41. The topological polar surface area (TPSA) is 80.6 Å². The summed E-state index contributed by atoms with van der Waals surface area (Å²) in [5.41, 5.74) is 3.32. The molecule has 3 aromatic rings. The van der Waals surface area contributed by atoms with Crippen LogP contribution in [0.4, 0.5) is 5.82 Å². The summed E-state index contributed by atoms with van der Waals surface area (Å²) in [6.45, 7) is 5.38. The van der Waals surface area contributed by atoms with Crippen LogP contribution in [0.25, 0.3) is 11.2 Å². The van der Waals surface area contributed by atoms with Gasteiger partial charge in [0.05, 0.1) is 6.54 Å². The van der Waals surface area contributed by atoms with Crippen LogP contribution in [0.1, 0.15) is 24.0 Å². The number of amides is 1. The molecule has 1 atom stereocenters.